The number of aryl methyl sites for hydroxylation is 1. The lowest BCUT2D eigenvalue weighted by molar-refractivity contribution is 0.632. The van der Waals surface area contributed by atoms with Crippen LogP contribution in [-0.2, 0) is 6.54 Å². The molecule has 19 heavy (non-hydrogen) atoms. The van der Waals surface area contributed by atoms with Gasteiger partial charge >= 0.3 is 0 Å². The fourth-order valence-electron chi connectivity index (χ4n) is 1.75. The zero-order chi connectivity index (χ0) is 13.7. The Labute approximate surface area is 116 Å². The molecule has 0 aliphatic carbocycles. The summed E-state index contributed by atoms with van der Waals surface area (Å²) in [6, 6.07) is 12.3. The van der Waals surface area contributed by atoms with E-state index in [0.717, 1.165) is 24.2 Å². The second-order valence-electron chi connectivity index (χ2n) is 5.63. The van der Waals surface area contributed by atoms with Crippen molar-refractivity contribution >= 4 is 8.07 Å². The number of nitrogens with zero attached hydrogens (tertiary/aromatic N) is 2. The van der Waals surface area contributed by atoms with Gasteiger partial charge in [0.2, 0.25) is 0 Å². The van der Waals surface area contributed by atoms with Crippen molar-refractivity contribution in [3.8, 4) is 22.7 Å². The van der Waals surface area contributed by atoms with Crippen molar-refractivity contribution in [3.63, 3.8) is 0 Å². The minimum absolute atomic E-state index is 0.865. The maximum absolute atomic E-state index is 4.57. The molecule has 1 aromatic heterocycles. The molecule has 2 rings (SSSR count). The summed E-state index contributed by atoms with van der Waals surface area (Å²) in [7, 11) is -1.23. The molecule has 0 radical (unpaired) electrons. The van der Waals surface area contributed by atoms with Gasteiger partial charge in [0.25, 0.3) is 0 Å². The zero-order valence-electron chi connectivity index (χ0n) is 11.9. The van der Waals surface area contributed by atoms with Gasteiger partial charge < -0.3 is 0 Å². The third-order valence-corrected chi connectivity index (χ3v) is 3.57. The van der Waals surface area contributed by atoms with Crippen LogP contribution in [0.15, 0.2) is 42.6 Å². The van der Waals surface area contributed by atoms with Crippen molar-refractivity contribution in [2.75, 3.05) is 0 Å². The highest BCUT2D eigenvalue weighted by Crippen LogP contribution is 2.15. The molecule has 0 amide bonds. The average Bonchev–Trinajstić information content (AvgIpc) is 2.83. The zero-order valence-corrected chi connectivity index (χ0v) is 12.9. The highest BCUT2D eigenvalue weighted by atomic mass is 28.3. The van der Waals surface area contributed by atoms with Gasteiger partial charge in [-0.25, -0.2) is 0 Å². The van der Waals surface area contributed by atoms with E-state index in [9.17, 15) is 0 Å². The molecular weight excluding hydrogens is 248 g/mol. The van der Waals surface area contributed by atoms with Gasteiger partial charge in [0.15, 0.2) is 0 Å². The molecule has 98 valence electrons. The Hall–Kier alpha value is -1.79. The third kappa shape index (κ3) is 4.42. The predicted molar refractivity (Wildman–Crippen MR) is 83.4 cm³/mol. The van der Waals surface area contributed by atoms with Gasteiger partial charge in [-0.1, -0.05) is 50.0 Å². The van der Waals surface area contributed by atoms with Crippen LogP contribution in [0.3, 0.4) is 0 Å². The Morgan fingerprint density at radius 3 is 2.53 bits per heavy atom. The van der Waals surface area contributed by atoms with Crippen molar-refractivity contribution in [2.45, 2.75) is 32.6 Å². The molecule has 0 spiro atoms. The quantitative estimate of drug-likeness (QED) is 0.611. The Kier molecular flexibility index (Phi) is 4.23. The van der Waals surface area contributed by atoms with E-state index in [-0.39, 0.29) is 0 Å². The molecule has 0 saturated heterocycles. The molecule has 1 heterocycles. The van der Waals surface area contributed by atoms with Crippen molar-refractivity contribution in [3.05, 3.63) is 42.6 Å². The van der Waals surface area contributed by atoms with E-state index >= 15 is 0 Å². The van der Waals surface area contributed by atoms with Crippen LogP contribution in [0.5, 0.6) is 0 Å². The number of hydrogen-bond acceptors (Lipinski definition) is 1. The van der Waals surface area contributed by atoms with Crippen LogP contribution in [0.4, 0.5) is 0 Å². The lowest BCUT2D eigenvalue weighted by Crippen LogP contribution is -2.16. The summed E-state index contributed by atoms with van der Waals surface area (Å²) in [6.07, 6.45) is 2.90. The van der Waals surface area contributed by atoms with Crippen LogP contribution in [-0.4, -0.2) is 17.9 Å². The SMILES string of the molecule is C[Si](C)(C)C#CCCn1ccc(-c2ccccc2)n1. The molecule has 3 heteroatoms. The van der Waals surface area contributed by atoms with Crippen molar-refractivity contribution in [1.29, 1.82) is 0 Å². The molecular formula is C16H20N2Si. The van der Waals surface area contributed by atoms with Gasteiger partial charge in [0, 0.05) is 18.2 Å². The Bertz CT molecular complexity index is 582. The Balaban J connectivity index is 1.97. The molecule has 0 N–H and O–H groups in total. The second kappa shape index (κ2) is 5.90. The average molecular weight is 268 g/mol. The molecule has 0 atom stereocenters. The largest absolute Gasteiger partial charge is 0.271 e. The molecule has 2 nitrogen and oxygen atoms in total. The second-order valence-corrected chi connectivity index (χ2v) is 10.4. The number of hydrogen-bond donors (Lipinski definition) is 0. The van der Waals surface area contributed by atoms with Crippen LogP contribution >= 0.6 is 0 Å². The summed E-state index contributed by atoms with van der Waals surface area (Å²) in [6.45, 7) is 7.66. The first-order valence-corrected chi connectivity index (χ1v) is 10.1. The molecule has 0 aliphatic rings. The van der Waals surface area contributed by atoms with Gasteiger partial charge in [-0.2, -0.15) is 5.10 Å². The van der Waals surface area contributed by atoms with Gasteiger partial charge in [-0.3, -0.25) is 4.68 Å². The van der Waals surface area contributed by atoms with E-state index in [4.69, 9.17) is 0 Å². The van der Waals surface area contributed by atoms with Crippen molar-refractivity contribution < 1.29 is 0 Å². The van der Waals surface area contributed by atoms with Gasteiger partial charge in [0.05, 0.1) is 12.2 Å². The first kappa shape index (κ1) is 13.6. The number of benzene rings is 1. The van der Waals surface area contributed by atoms with Crippen LogP contribution in [0.2, 0.25) is 19.6 Å². The first-order valence-electron chi connectivity index (χ1n) is 6.63. The van der Waals surface area contributed by atoms with Crippen molar-refractivity contribution in [2.24, 2.45) is 0 Å². The molecule has 0 unspecified atom stereocenters. The van der Waals surface area contributed by atoms with Crippen LogP contribution in [0.1, 0.15) is 6.42 Å². The minimum Gasteiger partial charge on any atom is -0.271 e. The maximum Gasteiger partial charge on any atom is 0.129 e. The summed E-state index contributed by atoms with van der Waals surface area (Å²) in [5, 5.41) is 4.57. The van der Waals surface area contributed by atoms with Gasteiger partial charge in [0.1, 0.15) is 8.07 Å². The molecule has 0 aliphatic heterocycles. The predicted octanol–water partition coefficient (Wildman–Crippen LogP) is 3.82. The number of aromatic nitrogens is 2. The number of rotatable bonds is 3. The summed E-state index contributed by atoms with van der Waals surface area (Å²) < 4.78 is 1.97. The fraction of sp³-hybridized carbons (Fsp3) is 0.312. The van der Waals surface area contributed by atoms with E-state index in [1.807, 2.05) is 29.1 Å². The highest BCUT2D eigenvalue weighted by molar-refractivity contribution is 6.83. The minimum atomic E-state index is -1.23. The molecule has 0 bridgehead atoms. The van der Waals surface area contributed by atoms with Crippen LogP contribution < -0.4 is 0 Å². The fourth-order valence-corrected chi connectivity index (χ4v) is 2.40. The van der Waals surface area contributed by atoms with Crippen molar-refractivity contribution in [1.82, 2.24) is 9.78 Å². The van der Waals surface area contributed by atoms with Crippen LogP contribution in [0.25, 0.3) is 11.3 Å². The first-order chi connectivity index (χ1) is 9.04. The summed E-state index contributed by atoms with van der Waals surface area (Å²) in [5.74, 6) is 3.27. The highest BCUT2D eigenvalue weighted by Gasteiger charge is 2.07. The standard InChI is InChI=1S/C16H20N2Si/c1-19(2,3)14-8-7-12-18-13-11-16(17-18)15-9-5-4-6-10-15/h4-6,9-11,13H,7,12H2,1-3H3. The van der Waals surface area contributed by atoms with E-state index in [0.29, 0.717) is 0 Å². The normalized spacial score (nSPS) is 10.9. The lowest BCUT2D eigenvalue weighted by Gasteiger charge is -2.03. The van der Waals surface area contributed by atoms with Crippen LogP contribution in [0, 0.1) is 11.5 Å². The monoisotopic (exact) mass is 268 g/mol. The topological polar surface area (TPSA) is 17.8 Å². The third-order valence-electron chi connectivity index (χ3n) is 2.64. The summed E-state index contributed by atoms with van der Waals surface area (Å²) >= 11 is 0. The lowest BCUT2D eigenvalue weighted by atomic mass is 10.2. The van der Waals surface area contributed by atoms with E-state index in [1.54, 1.807) is 0 Å². The summed E-state index contributed by atoms with van der Waals surface area (Å²) in [4.78, 5) is 0. The smallest absolute Gasteiger partial charge is 0.129 e. The van der Waals surface area contributed by atoms with Gasteiger partial charge in [-0.15, -0.1) is 11.5 Å². The van der Waals surface area contributed by atoms with E-state index in [2.05, 4.69) is 54.4 Å². The molecule has 2 aromatic rings. The molecule has 0 fully saturated rings. The van der Waals surface area contributed by atoms with Gasteiger partial charge in [-0.05, 0) is 6.07 Å². The molecule has 1 aromatic carbocycles. The van der Waals surface area contributed by atoms with E-state index < -0.39 is 8.07 Å². The summed E-state index contributed by atoms with van der Waals surface area (Å²) in [5.41, 5.74) is 5.57. The Morgan fingerprint density at radius 1 is 1.11 bits per heavy atom. The Morgan fingerprint density at radius 2 is 1.84 bits per heavy atom. The maximum atomic E-state index is 4.57. The molecule has 0 saturated carbocycles. The van der Waals surface area contributed by atoms with E-state index in [1.165, 1.54) is 0 Å².